The highest BCUT2D eigenvalue weighted by Crippen LogP contribution is 2.22. The third kappa shape index (κ3) is 4.52. The number of aliphatic hydroxyl groups is 1. The van der Waals surface area contributed by atoms with E-state index < -0.39 is 0 Å². The zero-order valence-electron chi connectivity index (χ0n) is 12.8. The summed E-state index contributed by atoms with van der Waals surface area (Å²) >= 11 is 6.18. The number of rotatable bonds is 5. The Kier molecular flexibility index (Phi) is 6.34. The highest BCUT2D eigenvalue weighted by Gasteiger charge is 2.22. The zero-order valence-corrected chi connectivity index (χ0v) is 13.6. The summed E-state index contributed by atoms with van der Waals surface area (Å²) < 4.78 is 5.11. The lowest BCUT2D eigenvalue weighted by molar-refractivity contribution is 0.129. The van der Waals surface area contributed by atoms with Gasteiger partial charge in [0.15, 0.2) is 0 Å². The molecule has 0 saturated carbocycles. The van der Waals surface area contributed by atoms with Gasteiger partial charge in [0.25, 0.3) is 0 Å². The van der Waals surface area contributed by atoms with E-state index in [0.29, 0.717) is 24.5 Å². The maximum absolute atomic E-state index is 12.1. The van der Waals surface area contributed by atoms with E-state index in [1.54, 1.807) is 18.1 Å². The van der Waals surface area contributed by atoms with Gasteiger partial charge in [-0.2, -0.15) is 0 Å². The smallest absolute Gasteiger partial charge is 0.317 e. The van der Waals surface area contributed by atoms with Crippen molar-refractivity contribution in [1.29, 1.82) is 0 Å². The monoisotopic (exact) mass is 326 g/mol. The van der Waals surface area contributed by atoms with Crippen molar-refractivity contribution in [3.05, 3.63) is 28.8 Å². The van der Waals surface area contributed by atoms with Crippen molar-refractivity contribution in [1.82, 2.24) is 10.2 Å². The molecule has 1 saturated heterocycles. The second-order valence-electron chi connectivity index (χ2n) is 5.58. The van der Waals surface area contributed by atoms with Gasteiger partial charge in [0.05, 0.1) is 7.11 Å². The Morgan fingerprint density at radius 3 is 3.05 bits per heavy atom. The van der Waals surface area contributed by atoms with Gasteiger partial charge in [-0.15, -0.1) is 0 Å². The number of piperidine rings is 1. The van der Waals surface area contributed by atoms with Crippen molar-refractivity contribution >= 4 is 17.6 Å². The molecule has 22 heavy (non-hydrogen) atoms. The standard InChI is InChI=1S/C16H23ClN2O3/c1-22-14-5-4-13(15(17)9-14)6-7-18-16(21)19-8-2-3-12(10-19)11-20/h4-5,9,12,20H,2-3,6-8,10-11H2,1H3,(H,18,21)/t12-/m1/s1. The van der Waals surface area contributed by atoms with E-state index in [4.69, 9.17) is 16.3 Å². The van der Waals surface area contributed by atoms with Gasteiger partial charge < -0.3 is 20.1 Å². The molecule has 1 aromatic rings. The van der Waals surface area contributed by atoms with E-state index in [-0.39, 0.29) is 18.6 Å². The molecule has 1 atom stereocenters. The number of nitrogens with zero attached hydrogens (tertiary/aromatic N) is 1. The average Bonchev–Trinajstić information content (AvgIpc) is 2.56. The van der Waals surface area contributed by atoms with Crippen molar-refractivity contribution in [2.75, 3.05) is 33.4 Å². The molecule has 1 aliphatic rings. The number of carbonyl (C=O) groups excluding carboxylic acids is 1. The number of amides is 2. The lowest BCUT2D eigenvalue weighted by Crippen LogP contribution is -2.46. The van der Waals surface area contributed by atoms with Gasteiger partial charge in [-0.3, -0.25) is 0 Å². The Labute approximate surface area is 136 Å². The summed E-state index contributed by atoms with van der Waals surface area (Å²) in [5.41, 5.74) is 0.981. The largest absolute Gasteiger partial charge is 0.497 e. The second kappa shape index (κ2) is 8.25. The van der Waals surface area contributed by atoms with E-state index in [0.717, 1.165) is 30.7 Å². The SMILES string of the molecule is COc1ccc(CCNC(=O)N2CCC[C@@H](CO)C2)c(Cl)c1. The van der Waals surface area contributed by atoms with Gasteiger partial charge in [0, 0.05) is 31.3 Å². The van der Waals surface area contributed by atoms with Crippen LogP contribution in [-0.2, 0) is 6.42 Å². The Morgan fingerprint density at radius 1 is 1.55 bits per heavy atom. The molecule has 5 nitrogen and oxygen atoms in total. The third-order valence-corrected chi connectivity index (χ3v) is 4.35. The summed E-state index contributed by atoms with van der Waals surface area (Å²) in [5.74, 6) is 0.927. The number of likely N-dealkylation sites (tertiary alicyclic amines) is 1. The first-order valence-corrected chi connectivity index (χ1v) is 7.98. The Balaban J connectivity index is 1.79. The lowest BCUT2D eigenvalue weighted by Gasteiger charge is -2.31. The summed E-state index contributed by atoms with van der Waals surface area (Å²) in [6.07, 6.45) is 2.61. The maximum Gasteiger partial charge on any atom is 0.317 e. The van der Waals surface area contributed by atoms with Crippen LogP contribution < -0.4 is 10.1 Å². The molecule has 0 spiro atoms. The van der Waals surface area contributed by atoms with Crippen LogP contribution in [0.5, 0.6) is 5.75 Å². The molecule has 2 N–H and O–H groups in total. The number of halogens is 1. The fourth-order valence-corrected chi connectivity index (χ4v) is 2.94. The molecule has 0 unspecified atom stereocenters. The van der Waals surface area contributed by atoms with Crippen molar-refractivity contribution in [3.8, 4) is 5.75 Å². The molecule has 0 bridgehead atoms. The number of benzene rings is 1. The fraction of sp³-hybridized carbons (Fsp3) is 0.562. The highest BCUT2D eigenvalue weighted by atomic mass is 35.5. The number of carbonyl (C=O) groups is 1. The van der Waals surface area contributed by atoms with E-state index >= 15 is 0 Å². The Hall–Kier alpha value is -1.46. The van der Waals surface area contributed by atoms with Gasteiger partial charge in [-0.25, -0.2) is 4.79 Å². The molecule has 2 amide bonds. The number of ether oxygens (including phenoxy) is 1. The number of hydrogen-bond acceptors (Lipinski definition) is 3. The predicted octanol–water partition coefficient (Wildman–Crippen LogP) is 2.31. The van der Waals surface area contributed by atoms with Crippen molar-refractivity contribution in [3.63, 3.8) is 0 Å². The molecule has 0 aromatic heterocycles. The average molecular weight is 327 g/mol. The van der Waals surface area contributed by atoms with E-state index in [9.17, 15) is 9.90 Å². The van der Waals surface area contributed by atoms with Gasteiger partial charge >= 0.3 is 6.03 Å². The van der Waals surface area contributed by atoms with E-state index in [2.05, 4.69) is 5.32 Å². The summed E-state index contributed by atoms with van der Waals surface area (Å²) in [5, 5.41) is 12.8. The maximum atomic E-state index is 12.1. The third-order valence-electron chi connectivity index (χ3n) is 4.00. The van der Waals surface area contributed by atoms with Crippen LogP contribution in [0.1, 0.15) is 18.4 Å². The molecule has 2 rings (SSSR count). The molecule has 0 radical (unpaired) electrons. The van der Waals surface area contributed by atoms with Crippen LogP contribution >= 0.6 is 11.6 Å². The Morgan fingerprint density at radius 2 is 2.36 bits per heavy atom. The molecule has 122 valence electrons. The lowest BCUT2D eigenvalue weighted by atomic mass is 9.99. The van der Waals surface area contributed by atoms with Crippen LogP contribution in [-0.4, -0.2) is 49.4 Å². The highest BCUT2D eigenvalue weighted by molar-refractivity contribution is 6.31. The Bertz CT molecular complexity index is 510. The van der Waals surface area contributed by atoms with Crippen LogP contribution in [0.3, 0.4) is 0 Å². The number of aliphatic hydroxyl groups excluding tert-OH is 1. The molecule has 1 heterocycles. The van der Waals surface area contributed by atoms with E-state index in [1.165, 1.54) is 0 Å². The van der Waals surface area contributed by atoms with E-state index in [1.807, 2.05) is 12.1 Å². The molecule has 1 fully saturated rings. The van der Waals surface area contributed by atoms with Crippen LogP contribution in [0.15, 0.2) is 18.2 Å². The molecular formula is C16H23ClN2O3. The normalized spacial score (nSPS) is 18.1. The van der Waals surface area contributed by atoms with Crippen molar-refractivity contribution in [2.24, 2.45) is 5.92 Å². The molecule has 0 aliphatic carbocycles. The minimum absolute atomic E-state index is 0.0669. The van der Waals surface area contributed by atoms with Crippen LogP contribution in [0, 0.1) is 5.92 Å². The molecule has 6 heteroatoms. The van der Waals surface area contributed by atoms with Gasteiger partial charge in [-0.1, -0.05) is 17.7 Å². The quantitative estimate of drug-likeness (QED) is 0.873. The predicted molar refractivity (Wildman–Crippen MR) is 86.5 cm³/mol. The van der Waals surface area contributed by atoms with Crippen LogP contribution in [0.25, 0.3) is 0 Å². The number of hydrogen-bond donors (Lipinski definition) is 2. The first-order valence-electron chi connectivity index (χ1n) is 7.60. The number of urea groups is 1. The van der Waals surface area contributed by atoms with Crippen molar-refractivity contribution < 1.29 is 14.6 Å². The molecular weight excluding hydrogens is 304 g/mol. The molecule has 1 aliphatic heterocycles. The molecule has 1 aromatic carbocycles. The summed E-state index contributed by atoms with van der Waals surface area (Å²) in [4.78, 5) is 13.9. The van der Waals surface area contributed by atoms with Gasteiger partial charge in [-0.05, 0) is 42.9 Å². The first kappa shape index (κ1) is 16.9. The van der Waals surface area contributed by atoms with Gasteiger partial charge in [0.1, 0.15) is 5.75 Å². The first-order chi connectivity index (χ1) is 10.6. The summed E-state index contributed by atoms with van der Waals surface area (Å²) in [6, 6.07) is 5.48. The van der Waals surface area contributed by atoms with Crippen LogP contribution in [0.2, 0.25) is 5.02 Å². The minimum Gasteiger partial charge on any atom is -0.497 e. The zero-order chi connectivity index (χ0) is 15.9. The number of methoxy groups -OCH3 is 1. The fourth-order valence-electron chi connectivity index (χ4n) is 2.67. The van der Waals surface area contributed by atoms with Gasteiger partial charge in [0.2, 0.25) is 0 Å². The summed E-state index contributed by atoms with van der Waals surface area (Å²) in [7, 11) is 1.60. The summed E-state index contributed by atoms with van der Waals surface area (Å²) in [6.45, 7) is 2.06. The number of nitrogens with one attached hydrogen (secondary N) is 1. The minimum atomic E-state index is -0.0669. The van der Waals surface area contributed by atoms with Crippen molar-refractivity contribution in [2.45, 2.75) is 19.3 Å². The van der Waals surface area contributed by atoms with Crippen LogP contribution in [0.4, 0.5) is 4.79 Å². The topological polar surface area (TPSA) is 61.8 Å². The second-order valence-corrected chi connectivity index (χ2v) is 5.98.